The highest BCUT2D eigenvalue weighted by Crippen LogP contribution is 2.27. The number of nitrogens with zero attached hydrogens (tertiary/aromatic N) is 1. The van der Waals surface area contributed by atoms with E-state index in [4.69, 9.17) is 10.5 Å². The van der Waals surface area contributed by atoms with Crippen LogP contribution in [0.3, 0.4) is 0 Å². The molecular formula is C15H24N2O. The predicted molar refractivity (Wildman–Crippen MR) is 74.6 cm³/mol. The van der Waals surface area contributed by atoms with Crippen molar-refractivity contribution in [3.8, 4) is 0 Å². The standard InChI is InChI=1S/C15H24N2O/c1-11-6-4-5-7-14(11)15(13(3)16)17-8-9-18-12(2)10-17/h4-7,12-13,15H,8-10,16H2,1-3H3. The number of ether oxygens (including phenoxy) is 1. The molecular weight excluding hydrogens is 224 g/mol. The number of rotatable bonds is 3. The molecule has 3 atom stereocenters. The van der Waals surface area contributed by atoms with Crippen LogP contribution in [-0.4, -0.2) is 36.7 Å². The highest BCUT2D eigenvalue weighted by Gasteiger charge is 2.28. The van der Waals surface area contributed by atoms with Gasteiger partial charge < -0.3 is 10.5 Å². The molecule has 1 heterocycles. The minimum Gasteiger partial charge on any atom is -0.376 e. The van der Waals surface area contributed by atoms with Crippen LogP contribution in [0.5, 0.6) is 0 Å². The smallest absolute Gasteiger partial charge is 0.0674 e. The second-order valence-electron chi connectivity index (χ2n) is 5.34. The molecule has 2 N–H and O–H groups in total. The zero-order valence-electron chi connectivity index (χ0n) is 11.6. The molecule has 3 unspecified atom stereocenters. The molecule has 1 saturated heterocycles. The molecule has 100 valence electrons. The molecule has 1 aliphatic heterocycles. The highest BCUT2D eigenvalue weighted by atomic mass is 16.5. The molecule has 1 aromatic rings. The lowest BCUT2D eigenvalue weighted by molar-refractivity contribution is -0.0377. The average molecular weight is 248 g/mol. The van der Waals surface area contributed by atoms with Crippen molar-refractivity contribution < 1.29 is 4.74 Å². The summed E-state index contributed by atoms with van der Waals surface area (Å²) >= 11 is 0. The van der Waals surface area contributed by atoms with Crippen LogP contribution in [0.15, 0.2) is 24.3 Å². The molecule has 3 heteroatoms. The van der Waals surface area contributed by atoms with E-state index < -0.39 is 0 Å². The van der Waals surface area contributed by atoms with Gasteiger partial charge in [0.25, 0.3) is 0 Å². The monoisotopic (exact) mass is 248 g/mol. The van der Waals surface area contributed by atoms with Crippen LogP contribution in [0.4, 0.5) is 0 Å². The topological polar surface area (TPSA) is 38.5 Å². The first-order chi connectivity index (χ1) is 8.59. The Kier molecular flexibility index (Phi) is 4.38. The van der Waals surface area contributed by atoms with Gasteiger partial charge in [-0.3, -0.25) is 4.90 Å². The second kappa shape index (κ2) is 5.83. The summed E-state index contributed by atoms with van der Waals surface area (Å²) in [4.78, 5) is 2.46. The Morgan fingerprint density at radius 1 is 1.39 bits per heavy atom. The lowest BCUT2D eigenvalue weighted by Crippen LogP contribution is -2.48. The van der Waals surface area contributed by atoms with Crippen LogP contribution < -0.4 is 5.73 Å². The van der Waals surface area contributed by atoms with E-state index in [1.54, 1.807) is 0 Å². The Morgan fingerprint density at radius 3 is 2.72 bits per heavy atom. The van der Waals surface area contributed by atoms with Crippen molar-refractivity contribution in [2.24, 2.45) is 5.73 Å². The van der Waals surface area contributed by atoms with E-state index in [1.165, 1.54) is 11.1 Å². The summed E-state index contributed by atoms with van der Waals surface area (Å²) in [6.45, 7) is 9.11. The zero-order chi connectivity index (χ0) is 13.1. The van der Waals surface area contributed by atoms with E-state index >= 15 is 0 Å². The molecule has 0 saturated carbocycles. The van der Waals surface area contributed by atoms with Gasteiger partial charge in [-0.25, -0.2) is 0 Å². The number of morpholine rings is 1. The van der Waals surface area contributed by atoms with Crippen LogP contribution in [0.25, 0.3) is 0 Å². The average Bonchev–Trinajstić information content (AvgIpc) is 2.32. The van der Waals surface area contributed by atoms with Gasteiger partial charge in [-0.05, 0) is 31.9 Å². The van der Waals surface area contributed by atoms with Crippen LogP contribution in [-0.2, 0) is 4.74 Å². The second-order valence-corrected chi connectivity index (χ2v) is 5.34. The van der Waals surface area contributed by atoms with E-state index in [-0.39, 0.29) is 12.1 Å². The van der Waals surface area contributed by atoms with E-state index in [0.717, 1.165) is 19.7 Å². The van der Waals surface area contributed by atoms with Crippen molar-refractivity contribution in [2.75, 3.05) is 19.7 Å². The van der Waals surface area contributed by atoms with Crippen molar-refractivity contribution in [3.05, 3.63) is 35.4 Å². The highest BCUT2D eigenvalue weighted by molar-refractivity contribution is 5.30. The number of benzene rings is 1. The van der Waals surface area contributed by atoms with Crippen molar-refractivity contribution in [1.29, 1.82) is 0 Å². The molecule has 1 aliphatic rings. The van der Waals surface area contributed by atoms with E-state index in [9.17, 15) is 0 Å². The maximum absolute atomic E-state index is 6.23. The fourth-order valence-electron chi connectivity index (χ4n) is 2.83. The summed E-state index contributed by atoms with van der Waals surface area (Å²) in [5, 5.41) is 0. The van der Waals surface area contributed by atoms with Crippen molar-refractivity contribution >= 4 is 0 Å². The van der Waals surface area contributed by atoms with Gasteiger partial charge in [0, 0.05) is 19.1 Å². The molecule has 3 nitrogen and oxygen atoms in total. The Labute approximate surface area is 110 Å². The fraction of sp³-hybridized carbons (Fsp3) is 0.600. The van der Waals surface area contributed by atoms with Gasteiger partial charge in [0.2, 0.25) is 0 Å². The lowest BCUT2D eigenvalue weighted by atomic mass is 9.94. The summed E-state index contributed by atoms with van der Waals surface area (Å²) in [6.07, 6.45) is 0.295. The Morgan fingerprint density at radius 2 is 2.11 bits per heavy atom. The molecule has 2 rings (SSSR count). The first kappa shape index (κ1) is 13.5. The number of hydrogen-bond donors (Lipinski definition) is 1. The third-order valence-corrected chi connectivity index (χ3v) is 3.67. The summed E-state index contributed by atoms with van der Waals surface area (Å²) in [6, 6.07) is 8.95. The largest absolute Gasteiger partial charge is 0.376 e. The van der Waals surface area contributed by atoms with E-state index in [0.29, 0.717) is 6.10 Å². The maximum Gasteiger partial charge on any atom is 0.0674 e. The Balaban J connectivity index is 2.26. The predicted octanol–water partition coefficient (Wildman–Crippen LogP) is 2.10. The minimum absolute atomic E-state index is 0.122. The van der Waals surface area contributed by atoms with Crippen molar-refractivity contribution in [1.82, 2.24) is 4.90 Å². The van der Waals surface area contributed by atoms with Gasteiger partial charge in [0.15, 0.2) is 0 Å². The van der Waals surface area contributed by atoms with Crippen LogP contribution >= 0.6 is 0 Å². The molecule has 0 amide bonds. The summed E-state index contributed by atoms with van der Waals surface area (Å²) < 4.78 is 5.62. The van der Waals surface area contributed by atoms with Gasteiger partial charge in [-0.2, -0.15) is 0 Å². The maximum atomic E-state index is 6.23. The summed E-state index contributed by atoms with van der Waals surface area (Å²) in [5.74, 6) is 0. The van der Waals surface area contributed by atoms with Crippen LogP contribution in [0, 0.1) is 6.92 Å². The first-order valence-corrected chi connectivity index (χ1v) is 6.76. The van der Waals surface area contributed by atoms with Gasteiger partial charge in [-0.15, -0.1) is 0 Å². The van der Waals surface area contributed by atoms with E-state index in [1.807, 2.05) is 0 Å². The molecule has 0 spiro atoms. The van der Waals surface area contributed by atoms with Crippen LogP contribution in [0.1, 0.15) is 31.0 Å². The van der Waals surface area contributed by atoms with Gasteiger partial charge in [-0.1, -0.05) is 24.3 Å². The molecule has 0 aromatic heterocycles. The number of aryl methyl sites for hydroxylation is 1. The molecule has 1 aromatic carbocycles. The Bertz CT molecular complexity index is 392. The summed E-state index contributed by atoms with van der Waals surface area (Å²) in [5.41, 5.74) is 8.90. The SMILES string of the molecule is Cc1ccccc1C(C(C)N)N1CCOC(C)C1. The van der Waals surface area contributed by atoms with Crippen molar-refractivity contribution in [3.63, 3.8) is 0 Å². The Hall–Kier alpha value is -0.900. The fourth-order valence-corrected chi connectivity index (χ4v) is 2.83. The molecule has 1 fully saturated rings. The van der Waals surface area contributed by atoms with E-state index in [2.05, 4.69) is 49.9 Å². The minimum atomic E-state index is 0.122. The number of nitrogens with two attached hydrogens (primary N) is 1. The summed E-state index contributed by atoms with van der Waals surface area (Å²) in [7, 11) is 0. The van der Waals surface area contributed by atoms with Crippen molar-refractivity contribution in [2.45, 2.75) is 39.0 Å². The third kappa shape index (κ3) is 2.91. The lowest BCUT2D eigenvalue weighted by Gasteiger charge is -2.39. The van der Waals surface area contributed by atoms with Gasteiger partial charge >= 0.3 is 0 Å². The molecule has 0 aliphatic carbocycles. The quantitative estimate of drug-likeness (QED) is 0.890. The zero-order valence-corrected chi connectivity index (χ0v) is 11.6. The third-order valence-electron chi connectivity index (χ3n) is 3.67. The first-order valence-electron chi connectivity index (χ1n) is 6.76. The normalized spacial score (nSPS) is 24.8. The molecule has 0 bridgehead atoms. The van der Waals surface area contributed by atoms with Gasteiger partial charge in [0.1, 0.15) is 0 Å². The van der Waals surface area contributed by atoms with Gasteiger partial charge in [0.05, 0.1) is 18.8 Å². The molecule has 0 radical (unpaired) electrons. The molecule has 18 heavy (non-hydrogen) atoms. The van der Waals surface area contributed by atoms with Crippen LogP contribution in [0.2, 0.25) is 0 Å². The number of hydrogen-bond acceptors (Lipinski definition) is 3.